The number of hydrogen-bond donors (Lipinski definition) is 0. The molecule has 8 heteroatoms. The van der Waals surface area contributed by atoms with E-state index in [9.17, 15) is 4.79 Å². The van der Waals surface area contributed by atoms with Crippen LogP contribution in [0.1, 0.15) is 24.8 Å². The number of hydrogen-bond acceptors (Lipinski definition) is 4. The average molecular weight is 463 g/mol. The van der Waals surface area contributed by atoms with Crippen LogP contribution in [0.5, 0.6) is 0 Å². The summed E-state index contributed by atoms with van der Waals surface area (Å²) < 4.78 is 3.72. The van der Waals surface area contributed by atoms with Gasteiger partial charge in [0.2, 0.25) is 5.91 Å². The quantitative estimate of drug-likeness (QED) is 0.445. The van der Waals surface area contributed by atoms with Crippen molar-refractivity contribution < 1.29 is 4.79 Å². The number of rotatable bonds is 5. The molecule has 5 rings (SSSR count). The second-order valence-electron chi connectivity index (χ2n) is 8.70. The Labute approximate surface area is 198 Å². The molecule has 0 unspecified atom stereocenters. The molecule has 1 fully saturated rings. The third kappa shape index (κ3) is 4.46. The van der Waals surface area contributed by atoms with E-state index in [2.05, 4.69) is 34.2 Å². The van der Waals surface area contributed by atoms with E-state index in [0.29, 0.717) is 6.42 Å². The van der Waals surface area contributed by atoms with Crippen LogP contribution in [0.3, 0.4) is 0 Å². The average Bonchev–Trinajstić information content (AvgIpc) is 3.45. The van der Waals surface area contributed by atoms with Gasteiger partial charge in [-0.05, 0) is 29.7 Å². The summed E-state index contributed by atoms with van der Waals surface area (Å²) in [5.41, 5.74) is 5.46. The van der Waals surface area contributed by atoms with E-state index in [-0.39, 0.29) is 11.8 Å². The Morgan fingerprint density at radius 2 is 1.73 bits per heavy atom. The summed E-state index contributed by atoms with van der Waals surface area (Å²) in [5.74, 6) is 0.375. The van der Waals surface area contributed by atoms with Gasteiger partial charge in [0.25, 0.3) is 0 Å². The number of aryl methyl sites for hydroxylation is 1. The standard InChI is InChI=1S/C25H27ClN6O/c1-18(19-3-6-22(26)7-4-19)13-25(33)31-11-9-30(10-12-31)24-15-28-32-17-20(5-8-23(24)32)21-14-27-29(2)16-21/h3-8,14-18H,9-13H2,1-2H3/t18-/m0/s1. The van der Waals surface area contributed by atoms with Gasteiger partial charge in [0.05, 0.1) is 23.6 Å². The van der Waals surface area contributed by atoms with Gasteiger partial charge >= 0.3 is 0 Å². The van der Waals surface area contributed by atoms with Crippen molar-refractivity contribution in [1.29, 1.82) is 0 Å². The molecule has 0 radical (unpaired) electrons. The molecular formula is C25H27ClN6O. The maximum absolute atomic E-state index is 12.9. The predicted octanol–water partition coefficient (Wildman–Crippen LogP) is 4.23. The van der Waals surface area contributed by atoms with Gasteiger partial charge in [0.15, 0.2) is 0 Å². The molecule has 3 aromatic heterocycles. The number of halogens is 1. The zero-order valence-corrected chi connectivity index (χ0v) is 19.6. The minimum Gasteiger partial charge on any atom is -0.365 e. The summed E-state index contributed by atoms with van der Waals surface area (Å²) in [6.45, 7) is 5.13. The summed E-state index contributed by atoms with van der Waals surface area (Å²) >= 11 is 5.98. The van der Waals surface area contributed by atoms with E-state index >= 15 is 0 Å². The molecule has 1 aromatic carbocycles. The highest BCUT2D eigenvalue weighted by Gasteiger charge is 2.24. The van der Waals surface area contributed by atoms with Crippen molar-refractivity contribution in [3.63, 3.8) is 0 Å². The molecule has 1 aliphatic heterocycles. The Kier molecular flexibility index (Phi) is 5.81. The molecule has 33 heavy (non-hydrogen) atoms. The van der Waals surface area contributed by atoms with Crippen molar-refractivity contribution >= 4 is 28.7 Å². The van der Waals surface area contributed by atoms with Crippen LogP contribution >= 0.6 is 11.6 Å². The lowest BCUT2D eigenvalue weighted by Gasteiger charge is -2.36. The van der Waals surface area contributed by atoms with Gasteiger partial charge in [-0.3, -0.25) is 9.48 Å². The summed E-state index contributed by atoms with van der Waals surface area (Å²) in [7, 11) is 1.91. The van der Waals surface area contributed by atoms with Crippen molar-refractivity contribution in [3.8, 4) is 11.1 Å². The van der Waals surface area contributed by atoms with E-state index in [0.717, 1.165) is 59.1 Å². The fraction of sp³-hybridized carbons (Fsp3) is 0.320. The first kappa shape index (κ1) is 21.5. The number of aromatic nitrogens is 4. The molecule has 0 bridgehead atoms. The van der Waals surface area contributed by atoms with Crippen LogP contribution in [0, 0.1) is 0 Å². The maximum Gasteiger partial charge on any atom is 0.223 e. The topological polar surface area (TPSA) is 58.7 Å². The Morgan fingerprint density at radius 1 is 0.970 bits per heavy atom. The van der Waals surface area contributed by atoms with Crippen LogP contribution in [0.15, 0.2) is 61.2 Å². The molecular weight excluding hydrogens is 436 g/mol. The Bertz CT molecular complexity index is 1270. The van der Waals surface area contributed by atoms with Crippen LogP contribution in [0.25, 0.3) is 16.6 Å². The number of nitrogens with zero attached hydrogens (tertiary/aromatic N) is 6. The number of amides is 1. The Balaban J connectivity index is 1.22. The molecule has 0 spiro atoms. The number of piperazine rings is 1. The number of carbonyl (C=O) groups is 1. The van der Waals surface area contributed by atoms with Crippen molar-refractivity contribution in [2.75, 3.05) is 31.1 Å². The van der Waals surface area contributed by atoms with Crippen LogP contribution in [-0.4, -0.2) is 56.4 Å². The van der Waals surface area contributed by atoms with Gasteiger partial charge in [0.1, 0.15) is 0 Å². The number of benzene rings is 1. The van der Waals surface area contributed by atoms with E-state index in [4.69, 9.17) is 11.6 Å². The monoisotopic (exact) mass is 462 g/mol. The first-order chi connectivity index (χ1) is 16.0. The van der Waals surface area contributed by atoms with Crippen LogP contribution in [0.2, 0.25) is 5.02 Å². The highest BCUT2D eigenvalue weighted by Crippen LogP contribution is 2.27. The van der Waals surface area contributed by atoms with E-state index in [1.165, 1.54) is 0 Å². The minimum atomic E-state index is 0.168. The number of carbonyl (C=O) groups excluding carboxylic acids is 1. The van der Waals surface area contributed by atoms with Gasteiger partial charge in [-0.15, -0.1) is 0 Å². The van der Waals surface area contributed by atoms with Gasteiger partial charge in [-0.1, -0.05) is 36.7 Å². The predicted molar refractivity (Wildman–Crippen MR) is 131 cm³/mol. The normalized spacial score (nSPS) is 15.2. The molecule has 1 aliphatic rings. The fourth-order valence-corrected chi connectivity index (χ4v) is 4.58. The Hall–Kier alpha value is -3.32. The van der Waals surface area contributed by atoms with E-state index in [1.807, 2.05) is 65.5 Å². The molecule has 170 valence electrons. The lowest BCUT2D eigenvalue weighted by atomic mass is 9.97. The third-order valence-corrected chi connectivity index (χ3v) is 6.68. The Morgan fingerprint density at radius 3 is 2.42 bits per heavy atom. The lowest BCUT2D eigenvalue weighted by Crippen LogP contribution is -2.49. The number of pyridine rings is 1. The second kappa shape index (κ2) is 8.90. The number of fused-ring (bicyclic) bond motifs is 1. The summed E-state index contributed by atoms with van der Waals surface area (Å²) in [6, 6.07) is 12.0. The highest BCUT2D eigenvalue weighted by atomic mass is 35.5. The third-order valence-electron chi connectivity index (χ3n) is 6.43. The summed E-state index contributed by atoms with van der Waals surface area (Å²) in [6.07, 6.45) is 8.32. The molecule has 4 aromatic rings. The molecule has 1 saturated heterocycles. The first-order valence-electron chi connectivity index (χ1n) is 11.2. The van der Waals surface area contributed by atoms with Crippen molar-refractivity contribution in [2.24, 2.45) is 7.05 Å². The van der Waals surface area contributed by atoms with Crippen molar-refractivity contribution in [2.45, 2.75) is 19.3 Å². The first-order valence-corrected chi connectivity index (χ1v) is 11.6. The lowest BCUT2D eigenvalue weighted by molar-refractivity contribution is -0.131. The molecule has 1 amide bonds. The van der Waals surface area contributed by atoms with Crippen LogP contribution in [0.4, 0.5) is 5.69 Å². The van der Waals surface area contributed by atoms with Crippen molar-refractivity contribution in [1.82, 2.24) is 24.3 Å². The molecule has 1 atom stereocenters. The zero-order valence-electron chi connectivity index (χ0n) is 18.9. The smallest absolute Gasteiger partial charge is 0.223 e. The minimum absolute atomic E-state index is 0.168. The highest BCUT2D eigenvalue weighted by molar-refractivity contribution is 6.30. The fourth-order valence-electron chi connectivity index (χ4n) is 4.45. The van der Waals surface area contributed by atoms with Crippen molar-refractivity contribution in [3.05, 3.63) is 71.8 Å². The van der Waals surface area contributed by atoms with Crippen LogP contribution in [-0.2, 0) is 11.8 Å². The van der Waals surface area contributed by atoms with E-state index < -0.39 is 0 Å². The maximum atomic E-state index is 12.9. The van der Waals surface area contributed by atoms with Crippen LogP contribution < -0.4 is 4.90 Å². The molecule has 7 nitrogen and oxygen atoms in total. The second-order valence-corrected chi connectivity index (χ2v) is 9.14. The van der Waals surface area contributed by atoms with Gasteiger partial charge in [-0.25, -0.2) is 4.52 Å². The summed E-state index contributed by atoms with van der Waals surface area (Å²) in [5, 5.41) is 9.55. The molecule has 4 heterocycles. The van der Waals surface area contributed by atoms with Gasteiger partial charge in [0, 0.05) is 68.2 Å². The van der Waals surface area contributed by atoms with E-state index in [1.54, 1.807) is 4.68 Å². The summed E-state index contributed by atoms with van der Waals surface area (Å²) in [4.78, 5) is 17.2. The van der Waals surface area contributed by atoms with Gasteiger partial charge < -0.3 is 9.80 Å². The molecule has 0 N–H and O–H groups in total. The molecule has 0 aliphatic carbocycles. The number of anilines is 1. The molecule has 0 saturated carbocycles. The SMILES string of the molecule is C[C@@H](CC(=O)N1CCN(c2cnn3cc(-c4cnn(C)c4)ccc23)CC1)c1ccc(Cl)cc1. The largest absolute Gasteiger partial charge is 0.365 e. The zero-order chi connectivity index (χ0) is 22.9. The van der Waals surface area contributed by atoms with Gasteiger partial charge in [-0.2, -0.15) is 10.2 Å².